The molecule has 0 spiro atoms. The van der Waals surface area contributed by atoms with Crippen LogP contribution in [0.15, 0.2) is 30.3 Å². The predicted molar refractivity (Wildman–Crippen MR) is 130 cm³/mol. The molecule has 0 heterocycles. The van der Waals surface area contributed by atoms with Crippen LogP contribution in [0.4, 0.5) is 0 Å². The smallest absolute Gasteiger partial charge is 0.306 e. The van der Waals surface area contributed by atoms with Gasteiger partial charge < -0.3 is 40.3 Å². The number of aliphatic hydroxyl groups excluding tert-OH is 2. The second-order valence-corrected chi connectivity index (χ2v) is 8.66. The first-order valence-corrected chi connectivity index (χ1v) is 12.1. The van der Waals surface area contributed by atoms with Crippen LogP contribution in [-0.2, 0) is 35.3 Å². The number of esters is 1. The Morgan fingerprint density at radius 2 is 1.38 bits per heavy atom. The summed E-state index contributed by atoms with van der Waals surface area (Å²) in [5.74, 6) is -3.85. The molecule has 0 bridgehead atoms. The molecule has 12 heteroatoms. The molecule has 0 radical (unpaired) electrons. The van der Waals surface area contributed by atoms with E-state index in [0.717, 1.165) is 5.56 Å². The fraction of sp³-hybridized carbons (Fsp3) is 0.600. The number of unbranched alkanes of at least 4 members (excludes halogenated alkanes) is 1. The van der Waals surface area contributed by atoms with Gasteiger partial charge in [0.15, 0.2) is 0 Å². The fourth-order valence-corrected chi connectivity index (χ4v) is 3.66. The standard InChI is InChI=1S/C25H37NO11/c27-19(9-11-21(29)30)25(17-36-15-13-23(33)34,20(28)10-12-22(31)32)26-14-5-4-8-24(35)37-16-18-6-2-1-3-7-18/h1-3,6-7,19-20,26-28H,4-5,8-17H2,(H,29,30)(H,31,32)(H,33,34). The Balaban J connectivity index is 2.77. The number of aliphatic hydroxyl groups is 2. The first kappa shape index (κ1) is 32.0. The summed E-state index contributed by atoms with van der Waals surface area (Å²) in [6.07, 6.45) is -3.65. The molecule has 0 aliphatic carbocycles. The Kier molecular flexibility index (Phi) is 15.0. The number of carboxylic acid groups (broad SMARTS) is 3. The molecule has 6 N–H and O–H groups in total. The van der Waals surface area contributed by atoms with E-state index in [9.17, 15) is 29.4 Å². The molecule has 1 rings (SSSR count). The number of nitrogens with one attached hydrogen (secondary N) is 1. The molecule has 2 atom stereocenters. The monoisotopic (exact) mass is 527 g/mol. The van der Waals surface area contributed by atoms with Crippen molar-refractivity contribution in [3.63, 3.8) is 0 Å². The lowest BCUT2D eigenvalue weighted by Crippen LogP contribution is -2.65. The number of aliphatic carboxylic acids is 3. The van der Waals surface area contributed by atoms with Crippen molar-refractivity contribution in [2.75, 3.05) is 19.8 Å². The topological polar surface area (TPSA) is 200 Å². The van der Waals surface area contributed by atoms with Crippen LogP contribution < -0.4 is 5.32 Å². The number of carboxylic acids is 3. The fourth-order valence-electron chi connectivity index (χ4n) is 3.66. The highest BCUT2D eigenvalue weighted by Gasteiger charge is 2.44. The van der Waals surface area contributed by atoms with Gasteiger partial charge >= 0.3 is 23.9 Å². The highest BCUT2D eigenvalue weighted by Crippen LogP contribution is 2.25. The van der Waals surface area contributed by atoms with E-state index in [1.165, 1.54) is 0 Å². The average Bonchev–Trinajstić information content (AvgIpc) is 2.86. The third-order valence-electron chi connectivity index (χ3n) is 5.76. The van der Waals surface area contributed by atoms with Crippen molar-refractivity contribution in [1.82, 2.24) is 5.32 Å². The summed E-state index contributed by atoms with van der Waals surface area (Å²) in [6, 6.07) is 9.19. The predicted octanol–water partition coefficient (Wildman–Crippen LogP) is 1.17. The molecule has 0 saturated carbocycles. The molecule has 2 unspecified atom stereocenters. The first-order valence-electron chi connectivity index (χ1n) is 12.1. The summed E-state index contributed by atoms with van der Waals surface area (Å²) >= 11 is 0. The van der Waals surface area contributed by atoms with E-state index < -0.39 is 54.5 Å². The minimum absolute atomic E-state index is 0.125. The number of hydrogen-bond donors (Lipinski definition) is 6. The van der Waals surface area contributed by atoms with Gasteiger partial charge in [-0.3, -0.25) is 19.2 Å². The van der Waals surface area contributed by atoms with Crippen LogP contribution >= 0.6 is 0 Å². The first-order chi connectivity index (χ1) is 17.6. The van der Waals surface area contributed by atoms with Crippen LogP contribution in [0.25, 0.3) is 0 Å². The average molecular weight is 528 g/mol. The molecule has 0 aromatic heterocycles. The Labute approximate surface area is 215 Å². The normalized spacial score (nSPS) is 14.3. The summed E-state index contributed by atoms with van der Waals surface area (Å²) < 4.78 is 10.6. The molecular weight excluding hydrogens is 490 g/mol. The van der Waals surface area contributed by atoms with Gasteiger partial charge in [-0.15, -0.1) is 0 Å². The molecule has 1 aromatic rings. The van der Waals surface area contributed by atoms with E-state index in [2.05, 4.69) is 5.32 Å². The Hall–Kier alpha value is -3.06. The van der Waals surface area contributed by atoms with Crippen molar-refractivity contribution in [1.29, 1.82) is 0 Å². The van der Waals surface area contributed by atoms with E-state index in [1.807, 2.05) is 30.3 Å². The van der Waals surface area contributed by atoms with Crippen LogP contribution in [0.2, 0.25) is 0 Å². The van der Waals surface area contributed by atoms with Crippen LogP contribution in [0.1, 0.15) is 56.9 Å². The maximum atomic E-state index is 12.0. The zero-order chi connectivity index (χ0) is 27.7. The van der Waals surface area contributed by atoms with Crippen LogP contribution in [-0.4, -0.2) is 86.9 Å². The van der Waals surface area contributed by atoms with Crippen molar-refractivity contribution < 1.29 is 54.2 Å². The quantitative estimate of drug-likeness (QED) is 0.0986. The van der Waals surface area contributed by atoms with E-state index in [4.69, 9.17) is 24.8 Å². The second kappa shape index (κ2) is 17.4. The lowest BCUT2D eigenvalue weighted by atomic mass is 9.82. The SMILES string of the molecule is O=C(O)CCOCC(NCCCCC(=O)OCc1ccccc1)(C(O)CCC(=O)O)C(O)CCC(=O)O. The van der Waals surface area contributed by atoms with Crippen molar-refractivity contribution in [2.45, 2.75) is 75.7 Å². The number of rotatable bonds is 21. The van der Waals surface area contributed by atoms with Gasteiger partial charge in [0.2, 0.25) is 0 Å². The van der Waals surface area contributed by atoms with Crippen LogP contribution in [0.3, 0.4) is 0 Å². The Morgan fingerprint density at radius 3 is 1.92 bits per heavy atom. The van der Waals surface area contributed by atoms with E-state index in [0.29, 0.717) is 12.8 Å². The van der Waals surface area contributed by atoms with Gasteiger partial charge in [-0.25, -0.2) is 0 Å². The van der Waals surface area contributed by atoms with Gasteiger partial charge in [-0.05, 0) is 37.8 Å². The maximum Gasteiger partial charge on any atom is 0.306 e. The molecule has 37 heavy (non-hydrogen) atoms. The minimum Gasteiger partial charge on any atom is -0.481 e. The molecule has 0 fully saturated rings. The molecule has 0 aliphatic rings. The minimum atomic E-state index is -1.66. The van der Waals surface area contributed by atoms with Gasteiger partial charge in [0.05, 0.1) is 37.4 Å². The zero-order valence-electron chi connectivity index (χ0n) is 20.7. The Morgan fingerprint density at radius 1 is 0.811 bits per heavy atom. The number of benzene rings is 1. The summed E-state index contributed by atoms with van der Waals surface area (Å²) in [7, 11) is 0. The molecule has 0 aliphatic heterocycles. The van der Waals surface area contributed by atoms with Gasteiger partial charge in [0.25, 0.3) is 0 Å². The van der Waals surface area contributed by atoms with E-state index in [1.54, 1.807) is 0 Å². The van der Waals surface area contributed by atoms with Gasteiger partial charge in [-0.1, -0.05) is 30.3 Å². The maximum absolute atomic E-state index is 12.0. The summed E-state index contributed by atoms with van der Waals surface area (Å²) in [5.41, 5.74) is -0.798. The summed E-state index contributed by atoms with van der Waals surface area (Å²) in [6.45, 7) is -0.299. The highest BCUT2D eigenvalue weighted by atomic mass is 16.5. The van der Waals surface area contributed by atoms with Crippen molar-refractivity contribution >= 4 is 23.9 Å². The molecule has 208 valence electrons. The molecule has 0 saturated heterocycles. The highest BCUT2D eigenvalue weighted by molar-refractivity contribution is 5.69. The Bertz CT molecular complexity index is 822. The van der Waals surface area contributed by atoms with Gasteiger partial charge in [-0.2, -0.15) is 0 Å². The van der Waals surface area contributed by atoms with E-state index >= 15 is 0 Å². The van der Waals surface area contributed by atoms with Crippen LogP contribution in [0.5, 0.6) is 0 Å². The van der Waals surface area contributed by atoms with Crippen LogP contribution in [0, 0.1) is 0 Å². The summed E-state index contributed by atoms with van der Waals surface area (Å²) in [4.78, 5) is 44.9. The number of carbonyl (C=O) groups is 4. The second-order valence-electron chi connectivity index (χ2n) is 8.66. The lowest BCUT2D eigenvalue weighted by Gasteiger charge is -2.42. The molecule has 0 amide bonds. The van der Waals surface area contributed by atoms with Crippen molar-refractivity contribution in [2.24, 2.45) is 0 Å². The number of ether oxygens (including phenoxy) is 2. The third kappa shape index (κ3) is 13.2. The number of hydrogen-bond acceptors (Lipinski definition) is 9. The summed E-state index contributed by atoms with van der Waals surface area (Å²) in [5, 5.41) is 51.6. The number of carbonyl (C=O) groups excluding carboxylic acids is 1. The largest absolute Gasteiger partial charge is 0.481 e. The van der Waals surface area contributed by atoms with Crippen molar-refractivity contribution in [3.05, 3.63) is 35.9 Å². The molecule has 1 aromatic carbocycles. The zero-order valence-corrected chi connectivity index (χ0v) is 20.7. The molecule has 12 nitrogen and oxygen atoms in total. The van der Waals surface area contributed by atoms with E-state index in [-0.39, 0.29) is 52.0 Å². The van der Waals surface area contributed by atoms with Gasteiger partial charge in [0, 0.05) is 19.3 Å². The van der Waals surface area contributed by atoms with Gasteiger partial charge in [0.1, 0.15) is 6.61 Å². The lowest BCUT2D eigenvalue weighted by molar-refractivity contribution is -0.145. The van der Waals surface area contributed by atoms with Crippen molar-refractivity contribution in [3.8, 4) is 0 Å². The molecular formula is C25H37NO11. The third-order valence-corrected chi connectivity index (χ3v) is 5.76.